The van der Waals surface area contributed by atoms with Crippen molar-refractivity contribution in [3.63, 3.8) is 0 Å². The smallest absolute Gasteiger partial charge is 0.200 e. The van der Waals surface area contributed by atoms with Crippen LogP contribution >= 0.6 is 0 Å². The van der Waals surface area contributed by atoms with Crippen LogP contribution in [0, 0.1) is 11.3 Å². The van der Waals surface area contributed by atoms with Crippen molar-refractivity contribution < 1.29 is 8.42 Å². The molecule has 1 aromatic rings. The first kappa shape index (κ1) is 18.0. The summed E-state index contributed by atoms with van der Waals surface area (Å²) < 4.78 is 24.8. The van der Waals surface area contributed by atoms with Crippen LogP contribution in [0.4, 0.5) is 0 Å². The second kappa shape index (κ2) is 6.63. The predicted molar refractivity (Wildman–Crippen MR) is 95.1 cm³/mol. The SMILES string of the molecule is CC1CC(=NNS(=O)(=O)c2ccc(C(C)C)cc2)CC(C)(C)C1. The molecule has 0 spiro atoms. The minimum absolute atomic E-state index is 0.181. The van der Waals surface area contributed by atoms with Crippen LogP contribution in [-0.2, 0) is 10.0 Å². The van der Waals surface area contributed by atoms with E-state index in [4.69, 9.17) is 0 Å². The quantitative estimate of drug-likeness (QED) is 0.834. The fraction of sp³-hybridized carbons (Fsp3) is 0.611. The second-order valence-electron chi connectivity index (χ2n) is 7.85. The molecule has 0 amide bonds. The lowest BCUT2D eigenvalue weighted by Crippen LogP contribution is -2.30. The molecule has 1 fully saturated rings. The molecule has 1 atom stereocenters. The van der Waals surface area contributed by atoms with Crippen molar-refractivity contribution in [3.05, 3.63) is 29.8 Å². The number of hydrazone groups is 1. The Morgan fingerprint density at radius 1 is 1.22 bits per heavy atom. The van der Waals surface area contributed by atoms with E-state index in [-0.39, 0.29) is 10.3 Å². The van der Waals surface area contributed by atoms with E-state index >= 15 is 0 Å². The first-order valence-electron chi connectivity index (χ1n) is 8.26. The van der Waals surface area contributed by atoms with E-state index in [1.165, 1.54) is 0 Å². The molecule has 0 saturated heterocycles. The lowest BCUT2D eigenvalue weighted by molar-refractivity contribution is 0.265. The van der Waals surface area contributed by atoms with Gasteiger partial charge in [-0.2, -0.15) is 13.5 Å². The summed E-state index contributed by atoms with van der Waals surface area (Å²) in [5.74, 6) is 0.915. The summed E-state index contributed by atoms with van der Waals surface area (Å²) in [5.41, 5.74) is 2.25. The third kappa shape index (κ3) is 4.80. The highest BCUT2D eigenvalue weighted by Gasteiger charge is 2.29. The van der Waals surface area contributed by atoms with Gasteiger partial charge < -0.3 is 0 Å². The molecule has 0 heterocycles. The highest BCUT2D eigenvalue weighted by molar-refractivity contribution is 7.89. The van der Waals surface area contributed by atoms with Gasteiger partial charge in [-0.1, -0.05) is 46.8 Å². The van der Waals surface area contributed by atoms with Gasteiger partial charge >= 0.3 is 0 Å². The molecule has 0 radical (unpaired) electrons. The molecular formula is C18H28N2O2S. The number of nitrogens with one attached hydrogen (secondary N) is 1. The maximum Gasteiger partial charge on any atom is 0.276 e. The van der Waals surface area contributed by atoms with E-state index in [1.807, 2.05) is 12.1 Å². The average molecular weight is 337 g/mol. The van der Waals surface area contributed by atoms with E-state index in [1.54, 1.807) is 12.1 Å². The van der Waals surface area contributed by atoms with Gasteiger partial charge in [0.05, 0.1) is 4.90 Å². The van der Waals surface area contributed by atoms with Gasteiger partial charge in [0.2, 0.25) is 0 Å². The summed E-state index contributed by atoms with van der Waals surface area (Å²) in [6, 6.07) is 7.01. The number of rotatable bonds is 4. The van der Waals surface area contributed by atoms with Gasteiger partial charge in [-0.05, 0) is 54.2 Å². The topological polar surface area (TPSA) is 58.5 Å². The van der Waals surface area contributed by atoms with E-state index in [0.717, 1.165) is 30.5 Å². The molecule has 0 aromatic heterocycles. The van der Waals surface area contributed by atoms with Crippen molar-refractivity contribution >= 4 is 15.7 Å². The maximum absolute atomic E-state index is 12.4. The van der Waals surface area contributed by atoms with Crippen LogP contribution in [0.1, 0.15) is 65.4 Å². The van der Waals surface area contributed by atoms with Crippen LogP contribution in [0.5, 0.6) is 0 Å². The van der Waals surface area contributed by atoms with Crippen LogP contribution in [0.25, 0.3) is 0 Å². The summed E-state index contributed by atoms with van der Waals surface area (Å²) in [4.78, 5) is 2.67. The molecule has 5 heteroatoms. The third-order valence-electron chi connectivity index (χ3n) is 4.35. The normalized spacial score (nSPS) is 23.2. The first-order chi connectivity index (χ1) is 10.6. The zero-order chi connectivity index (χ0) is 17.3. The van der Waals surface area contributed by atoms with Crippen molar-refractivity contribution in [2.75, 3.05) is 0 Å². The Hall–Kier alpha value is -1.36. The summed E-state index contributed by atoms with van der Waals surface area (Å²) in [6.45, 7) is 10.8. The van der Waals surface area contributed by atoms with Gasteiger partial charge in [0, 0.05) is 5.71 Å². The molecule has 1 aliphatic rings. The molecule has 0 bridgehead atoms. The van der Waals surface area contributed by atoms with Gasteiger partial charge in [-0.25, -0.2) is 4.83 Å². The molecule has 1 saturated carbocycles. The standard InChI is InChI=1S/C18H28N2O2S/c1-13(2)15-6-8-17(9-7-15)23(21,22)20-19-16-10-14(3)11-18(4,5)12-16/h6-9,13-14,20H,10-12H2,1-5H3. The molecular weight excluding hydrogens is 308 g/mol. The zero-order valence-electron chi connectivity index (χ0n) is 14.8. The Kier molecular flexibility index (Phi) is 5.19. The molecule has 1 unspecified atom stereocenters. The van der Waals surface area contributed by atoms with Crippen molar-refractivity contribution in [2.24, 2.45) is 16.4 Å². The Labute approximate surface area is 140 Å². The molecule has 2 rings (SSSR count). The van der Waals surface area contributed by atoms with Gasteiger partial charge in [0.25, 0.3) is 10.0 Å². The predicted octanol–water partition coefficient (Wildman–Crippen LogP) is 4.29. The van der Waals surface area contributed by atoms with Crippen molar-refractivity contribution in [2.45, 2.75) is 64.7 Å². The van der Waals surface area contributed by atoms with Crippen molar-refractivity contribution in [1.29, 1.82) is 0 Å². The fourth-order valence-corrected chi connectivity index (χ4v) is 4.26. The van der Waals surface area contributed by atoms with Crippen LogP contribution < -0.4 is 4.83 Å². The van der Waals surface area contributed by atoms with E-state index in [2.05, 4.69) is 44.6 Å². The largest absolute Gasteiger partial charge is 0.276 e. The molecule has 4 nitrogen and oxygen atoms in total. The van der Waals surface area contributed by atoms with Gasteiger partial charge in [0.1, 0.15) is 0 Å². The van der Waals surface area contributed by atoms with E-state index in [9.17, 15) is 8.42 Å². The summed E-state index contributed by atoms with van der Waals surface area (Å²) >= 11 is 0. The van der Waals surface area contributed by atoms with Crippen LogP contribution in [0.15, 0.2) is 34.3 Å². The van der Waals surface area contributed by atoms with Gasteiger partial charge in [0.15, 0.2) is 0 Å². The Morgan fingerprint density at radius 3 is 2.35 bits per heavy atom. The molecule has 1 aromatic carbocycles. The van der Waals surface area contributed by atoms with E-state index < -0.39 is 10.0 Å². The summed E-state index contributed by atoms with van der Waals surface area (Å²) in [7, 11) is -3.59. The van der Waals surface area contributed by atoms with Crippen molar-refractivity contribution in [3.8, 4) is 0 Å². The number of nitrogens with zero attached hydrogens (tertiary/aromatic N) is 1. The molecule has 1 N–H and O–H groups in total. The first-order valence-corrected chi connectivity index (χ1v) is 9.74. The maximum atomic E-state index is 12.4. The lowest BCUT2D eigenvalue weighted by atomic mass is 9.72. The third-order valence-corrected chi connectivity index (χ3v) is 5.57. The Balaban J connectivity index is 2.13. The Bertz CT molecular complexity index is 673. The summed E-state index contributed by atoms with van der Waals surface area (Å²) in [6.07, 6.45) is 2.85. The molecule has 1 aliphatic carbocycles. The highest BCUT2D eigenvalue weighted by atomic mass is 32.2. The number of benzene rings is 1. The average Bonchev–Trinajstić information content (AvgIpc) is 2.43. The van der Waals surface area contributed by atoms with Gasteiger partial charge in [-0.15, -0.1) is 0 Å². The molecule has 128 valence electrons. The Morgan fingerprint density at radius 2 is 1.83 bits per heavy atom. The number of hydrogen-bond donors (Lipinski definition) is 1. The number of hydrogen-bond acceptors (Lipinski definition) is 3. The van der Waals surface area contributed by atoms with Crippen LogP contribution in [0.2, 0.25) is 0 Å². The van der Waals surface area contributed by atoms with Crippen molar-refractivity contribution in [1.82, 2.24) is 4.83 Å². The molecule has 23 heavy (non-hydrogen) atoms. The summed E-state index contributed by atoms with van der Waals surface area (Å²) in [5, 5.41) is 4.21. The van der Waals surface area contributed by atoms with Gasteiger partial charge in [-0.3, -0.25) is 0 Å². The minimum Gasteiger partial charge on any atom is -0.200 e. The molecule has 0 aliphatic heterocycles. The van der Waals surface area contributed by atoms with Crippen LogP contribution in [-0.4, -0.2) is 14.1 Å². The number of sulfonamides is 1. The highest BCUT2D eigenvalue weighted by Crippen LogP contribution is 2.36. The van der Waals surface area contributed by atoms with E-state index in [0.29, 0.717) is 11.8 Å². The second-order valence-corrected chi connectivity index (χ2v) is 9.51. The van der Waals surface area contributed by atoms with Crippen LogP contribution in [0.3, 0.4) is 0 Å². The zero-order valence-corrected chi connectivity index (χ0v) is 15.6. The lowest BCUT2D eigenvalue weighted by Gasteiger charge is -2.34. The monoisotopic (exact) mass is 336 g/mol. The fourth-order valence-electron chi connectivity index (χ4n) is 3.41. The minimum atomic E-state index is -3.59.